The maximum atomic E-state index is 13.7. The number of aromatic nitrogens is 1. The summed E-state index contributed by atoms with van der Waals surface area (Å²) in [6.45, 7) is -0.516. The Morgan fingerprint density at radius 1 is 1.06 bits per heavy atom. The van der Waals surface area contributed by atoms with E-state index < -0.39 is 27.7 Å². The van der Waals surface area contributed by atoms with Crippen molar-refractivity contribution in [3.63, 3.8) is 0 Å². The fourth-order valence-electron chi connectivity index (χ4n) is 4.21. The Balaban J connectivity index is 1.64. The van der Waals surface area contributed by atoms with Crippen LogP contribution in [0.15, 0.2) is 72.8 Å². The number of carboxylic acids is 1. The molecule has 1 atom stereocenters. The van der Waals surface area contributed by atoms with Crippen LogP contribution in [0.25, 0.3) is 21.8 Å². The molecule has 1 unspecified atom stereocenters. The maximum absolute atomic E-state index is 13.7. The number of carbonyl (C=O) groups is 1. The van der Waals surface area contributed by atoms with Gasteiger partial charge in [0.1, 0.15) is 16.0 Å². The largest absolute Gasteiger partial charge is 0.482 e. The summed E-state index contributed by atoms with van der Waals surface area (Å²) in [6, 6.07) is 21.6. The van der Waals surface area contributed by atoms with E-state index in [1.54, 1.807) is 36.4 Å². The van der Waals surface area contributed by atoms with Gasteiger partial charge in [0.2, 0.25) is 0 Å². The van der Waals surface area contributed by atoms with E-state index in [-0.39, 0.29) is 12.2 Å². The monoisotopic (exact) mass is 525 g/mol. The second-order valence-corrected chi connectivity index (χ2v) is 11.8. The first-order valence-electron chi connectivity index (χ1n) is 10.8. The summed E-state index contributed by atoms with van der Waals surface area (Å²) in [7, 11) is -3.64. The molecule has 0 spiro atoms. The standard InChI is InChI=1S/C26H20ClNO5S2/c27-18-11-9-17(10-12-18)26-28-24-19-7-4-8-21(33-14-23(29)30)20(19)13-22(25(24)34-26)35(31,32)15-16-5-2-1-3-6-16/h1-12,22H,13-15H2,(H,29,30). The van der Waals surface area contributed by atoms with E-state index >= 15 is 0 Å². The molecule has 1 heterocycles. The molecule has 1 aliphatic carbocycles. The van der Waals surface area contributed by atoms with Crippen LogP contribution < -0.4 is 4.74 Å². The Morgan fingerprint density at radius 3 is 2.51 bits per heavy atom. The van der Waals surface area contributed by atoms with Crippen LogP contribution in [0, 0.1) is 0 Å². The quantitative estimate of drug-likeness (QED) is 0.327. The molecule has 0 radical (unpaired) electrons. The van der Waals surface area contributed by atoms with Crippen molar-refractivity contribution in [3.05, 3.63) is 93.8 Å². The molecule has 3 aromatic carbocycles. The van der Waals surface area contributed by atoms with Gasteiger partial charge in [-0.05, 0) is 30.2 Å². The Hall–Kier alpha value is -3.20. The third-order valence-electron chi connectivity index (χ3n) is 5.81. The van der Waals surface area contributed by atoms with Crippen LogP contribution in [0.1, 0.15) is 21.3 Å². The first-order chi connectivity index (χ1) is 16.8. The molecule has 9 heteroatoms. The number of nitrogens with zero attached hydrogens (tertiary/aromatic N) is 1. The van der Waals surface area contributed by atoms with Gasteiger partial charge in [0.05, 0.1) is 16.3 Å². The van der Waals surface area contributed by atoms with Crippen molar-refractivity contribution in [1.29, 1.82) is 0 Å². The van der Waals surface area contributed by atoms with Gasteiger partial charge in [0.25, 0.3) is 0 Å². The molecular weight excluding hydrogens is 506 g/mol. The van der Waals surface area contributed by atoms with Crippen molar-refractivity contribution in [2.45, 2.75) is 17.4 Å². The number of halogens is 1. The van der Waals surface area contributed by atoms with Crippen LogP contribution in [0.5, 0.6) is 5.75 Å². The zero-order valence-electron chi connectivity index (χ0n) is 18.3. The van der Waals surface area contributed by atoms with Gasteiger partial charge in [-0.2, -0.15) is 0 Å². The van der Waals surface area contributed by atoms with Gasteiger partial charge >= 0.3 is 5.97 Å². The molecule has 0 fully saturated rings. The summed E-state index contributed by atoms with van der Waals surface area (Å²) in [6.07, 6.45) is 0.176. The molecule has 4 aromatic rings. The normalized spacial score (nSPS) is 14.7. The van der Waals surface area contributed by atoms with Gasteiger partial charge in [0, 0.05) is 21.7 Å². The van der Waals surface area contributed by atoms with Crippen molar-refractivity contribution < 1.29 is 23.1 Å². The number of hydrogen-bond donors (Lipinski definition) is 1. The van der Waals surface area contributed by atoms with Gasteiger partial charge in [-0.1, -0.05) is 66.2 Å². The number of hydrogen-bond acceptors (Lipinski definition) is 6. The van der Waals surface area contributed by atoms with Crippen LogP contribution in [-0.2, 0) is 26.8 Å². The number of benzene rings is 3. The van der Waals surface area contributed by atoms with Crippen molar-refractivity contribution in [2.75, 3.05) is 6.61 Å². The molecule has 6 nitrogen and oxygen atoms in total. The second-order valence-electron chi connectivity index (χ2n) is 8.19. The minimum absolute atomic E-state index is 0.111. The number of sulfone groups is 1. The molecule has 1 N–H and O–H groups in total. The average Bonchev–Trinajstić information content (AvgIpc) is 3.28. The van der Waals surface area contributed by atoms with Crippen LogP contribution in [0.4, 0.5) is 0 Å². The SMILES string of the molecule is O=C(O)COc1cccc2c1CC(S(=O)(=O)Cc1ccccc1)c1sc(-c3ccc(Cl)cc3)nc1-2. The van der Waals surface area contributed by atoms with Crippen molar-refractivity contribution >= 4 is 38.7 Å². The molecule has 0 aliphatic heterocycles. The predicted molar refractivity (Wildman–Crippen MR) is 137 cm³/mol. The van der Waals surface area contributed by atoms with E-state index in [2.05, 4.69) is 0 Å². The predicted octanol–water partition coefficient (Wildman–Crippen LogP) is 5.81. The number of ether oxygens (including phenoxy) is 1. The van der Waals surface area contributed by atoms with E-state index in [1.807, 2.05) is 36.4 Å². The van der Waals surface area contributed by atoms with Crippen LogP contribution >= 0.6 is 22.9 Å². The smallest absolute Gasteiger partial charge is 0.341 e. The number of fused-ring (bicyclic) bond motifs is 3. The highest BCUT2D eigenvalue weighted by Gasteiger charge is 2.38. The molecule has 35 heavy (non-hydrogen) atoms. The summed E-state index contributed by atoms with van der Waals surface area (Å²) in [5.74, 6) is -0.859. The fraction of sp³-hybridized carbons (Fsp3) is 0.154. The lowest BCUT2D eigenvalue weighted by atomic mass is 9.92. The van der Waals surface area contributed by atoms with E-state index in [4.69, 9.17) is 26.4 Å². The second kappa shape index (κ2) is 9.45. The van der Waals surface area contributed by atoms with E-state index in [9.17, 15) is 13.2 Å². The number of rotatable bonds is 7. The third kappa shape index (κ3) is 4.82. The highest BCUT2D eigenvalue weighted by atomic mass is 35.5. The van der Waals surface area contributed by atoms with Gasteiger partial charge in [-0.15, -0.1) is 11.3 Å². The lowest BCUT2D eigenvalue weighted by Crippen LogP contribution is -2.22. The number of thiazole rings is 1. The number of carboxylic acid groups (broad SMARTS) is 1. The third-order valence-corrected chi connectivity index (χ3v) is 9.43. The zero-order valence-corrected chi connectivity index (χ0v) is 20.7. The first-order valence-corrected chi connectivity index (χ1v) is 13.7. The van der Waals surface area contributed by atoms with Gasteiger partial charge in [-0.3, -0.25) is 0 Å². The Bertz CT molecular complexity index is 1500. The van der Waals surface area contributed by atoms with Gasteiger partial charge in [0.15, 0.2) is 16.4 Å². The van der Waals surface area contributed by atoms with E-state index in [1.165, 1.54) is 11.3 Å². The van der Waals surface area contributed by atoms with E-state index in [0.717, 1.165) is 11.1 Å². The average molecular weight is 526 g/mol. The Morgan fingerprint density at radius 2 is 1.80 bits per heavy atom. The summed E-state index contributed by atoms with van der Waals surface area (Å²) >= 11 is 7.40. The molecular formula is C26H20ClNO5S2. The lowest BCUT2D eigenvalue weighted by molar-refractivity contribution is -0.139. The summed E-state index contributed by atoms with van der Waals surface area (Å²) in [5, 5.41) is 9.55. The van der Waals surface area contributed by atoms with Crippen molar-refractivity contribution in [1.82, 2.24) is 4.98 Å². The van der Waals surface area contributed by atoms with Crippen molar-refractivity contribution in [2.24, 2.45) is 0 Å². The van der Waals surface area contributed by atoms with Crippen LogP contribution in [0.2, 0.25) is 5.02 Å². The molecule has 5 rings (SSSR count). The summed E-state index contributed by atoms with van der Waals surface area (Å²) < 4.78 is 33.0. The molecule has 0 saturated carbocycles. The highest BCUT2D eigenvalue weighted by molar-refractivity contribution is 7.91. The topological polar surface area (TPSA) is 93.6 Å². The Labute approximate surface area is 211 Å². The molecule has 1 aromatic heterocycles. The van der Waals surface area contributed by atoms with Gasteiger partial charge < -0.3 is 9.84 Å². The van der Waals surface area contributed by atoms with E-state index in [0.29, 0.717) is 37.5 Å². The number of aliphatic carboxylic acids is 1. The van der Waals surface area contributed by atoms with Crippen LogP contribution in [-0.4, -0.2) is 31.1 Å². The van der Waals surface area contributed by atoms with Crippen molar-refractivity contribution in [3.8, 4) is 27.6 Å². The fourth-order valence-corrected chi connectivity index (χ4v) is 7.70. The summed E-state index contributed by atoms with van der Waals surface area (Å²) in [5.41, 5.74) is 3.54. The van der Waals surface area contributed by atoms with Crippen LogP contribution in [0.3, 0.4) is 0 Å². The molecule has 0 amide bonds. The zero-order chi connectivity index (χ0) is 24.6. The first kappa shape index (κ1) is 23.5. The Kier molecular flexibility index (Phi) is 6.35. The molecule has 1 aliphatic rings. The molecule has 0 saturated heterocycles. The maximum Gasteiger partial charge on any atom is 0.341 e. The molecule has 178 valence electrons. The summed E-state index contributed by atoms with van der Waals surface area (Å²) in [4.78, 5) is 16.6. The minimum Gasteiger partial charge on any atom is -0.482 e. The molecule has 0 bridgehead atoms. The highest BCUT2D eigenvalue weighted by Crippen LogP contribution is 2.49. The van der Waals surface area contributed by atoms with Gasteiger partial charge in [-0.25, -0.2) is 18.2 Å². The lowest BCUT2D eigenvalue weighted by Gasteiger charge is -2.25. The minimum atomic E-state index is -3.64.